The Bertz CT molecular complexity index is 610. The van der Waals surface area contributed by atoms with Crippen molar-refractivity contribution >= 4 is 0 Å². The normalized spacial score (nSPS) is 45.3. The first-order valence-corrected chi connectivity index (χ1v) is 12.8. The van der Waals surface area contributed by atoms with Gasteiger partial charge in [-0.1, -0.05) is 39.3 Å². The quantitative estimate of drug-likeness (QED) is 0.498. The Morgan fingerprint density at radius 1 is 1.07 bits per heavy atom. The van der Waals surface area contributed by atoms with E-state index in [0.29, 0.717) is 11.3 Å². The van der Waals surface area contributed by atoms with Crippen LogP contribution in [0.15, 0.2) is 11.6 Å². The molecule has 166 valence electrons. The van der Waals surface area contributed by atoms with Gasteiger partial charge in [-0.25, -0.2) is 0 Å². The van der Waals surface area contributed by atoms with Crippen LogP contribution in [-0.4, -0.2) is 21.9 Å². The fraction of sp³-hybridized carbons (Fsp3) is 0.926. The molecule has 0 unspecified atom stereocenters. The molecule has 2 heteroatoms. The summed E-state index contributed by atoms with van der Waals surface area (Å²) in [6.07, 6.45) is 16.4. The van der Waals surface area contributed by atoms with Crippen LogP contribution >= 0.6 is 0 Å². The van der Waals surface area contributed by atoms with Gasteiger partial charge in [0.05, 0.1) is 11.7 Å². The van der Waals surface area contributed by atoms with Crippen molar-refractivity contribution in [3.63, 3.8) is 0 Å². The van der Waals surface area contributed by atoms with Gasteiger partial charge in [-0.2, -0.15) is 0 Å². The number of rotatable bonds is 6. The molecule has 0 saturated heterocycles. The Morgan fingerprint density at radius 2 is 1.86 bits per heavy atom. The lowest BCUT2D eigenvalue weighted by molar-refractivity contribution is -0.0448. The molecule has 3 saturated carbocycles. The van der Waals surface area contributed by atoms with Crippen LogP contribution < -0.4 is 0 Å². The lowest BCUT2D eigenvalue weighted by Gasteiger charge is -2.54. The maximum absolute atomic E-state index is 10.8. The minimum Gasteiger partial charge on any atom is -0.393 e. The molecule has 0 aliphatic heterocycles. The molecule has 0 spiro atoms. The predicted molar refractivity (Wildman–Crippen MR) is 121 cm³/mol. The lowest BCUT2D eigenvalue weighted by atomic mass is 9.51. The van der Waals surface area contributed by atoms with E-state index >= 15 is 0 Å². The highest BCUT2D eigenvalue weighted by molar-refractivity contribution is 5.22. The number of hydrogen-bond donors (Lipinski definition) is 2. The van der Waals surface area contributed by atoms with Gasteiger partial charge >= 0.3 is 0 Å². The Hall–Kier alpha value is -0.340. The highest BCUT2D eigenvalue weighted by Crippen LogP contribution is 2.64. The summed E-state index contributed by atoms with van der Waals surface area (Å²) in [5, 5.41) is 21.5. The zero-order chi connectivity index (χ0) is 20.8. The Labute approximate surface area is 179 Å². The van der Waals surface area contributed by atoms with E-state index in [2.05, 4.69) is 33.8 Å². The summed E-state index contributed by atoms with van der Waals surface area (Å²) in [7, 11) is 0. The molecule has 0 aromatic rings. The van der Waals surface area contributed by atoms with Crippen molar-refractivity contribution in [2.75, 3.05) is 0 Å². The van der Waals surface area contributed by atoms with E-state index in [9.17, 15) is 10.2 Å². The first-order chi connectivity index (χ1) is 13.8. The SMILES string of the molecule is CC[C@]1(O)CC[C@H]2C(=CC[C@@H]3[C@@H]2CC[C@]2(C)[C@@H](C[C@H](O)CCC(C)C)CC[C@@H]32)C1. The van der Waals surface area contributed by atoms with Crippen LogP contribution in [0.1, 0.15) is 105 Å². The first kappa shape index (κ1) is 21.9. The van der Waals surface area contributed by atoms with E-state index in [0.717, 1.165) is 68.1 Å². The molecule has 3 fully saturated rings. The molecule has 2 nitrogen and oxygen atoms in total. The Balaban J connectivity index is 1.44. The zero-order valence-corrected chi connectivity index (χ0v) is 19.5. The highest BCUT2D eigenvalue weighted by Gasteiger charge is 2.56. The van der Waals surface area contributed by atoms with E-state index in [1.165, 1.54) is 38.5 Å². The highest BCUT2D eigenvalue weighted by atomic mass is 16.3. The predicted octanol–water partition coefficient (Wildman–Crippen LogP) is 6.50. The number of hydrogen-bond acceptors (Lipinski definition) is 2. The number of allylic oxidation sites excluding steroid dienone is 1. The van der Waals surface area contributed by atoms with Crippen LogP contribution in [0.2, 0.25) is 0 Å². The average Bonchev–Trinajstić information content (AvgIpc) is 3.02. The van der Waals surface area contributed by atoms with Gasteiger partial charge in [0.1, 0.15) is 0 Å². The molecule has 2 N–H and O–H groups in total. The van der Waals surface area contributed by atoms with Crippen molar-refractivity contribution in [2.45, 2.75) is 116 Å². The zero-order valence-electron chi connectivity index (χ0n) is 19.5. The number of aliphatic hydroxyl groups is 2. The van der Waals surface area contributed by atoms with Crippen molar-refractivity contribution in [1.82, 2.24) is 0 Å². The summed E-state index contributed by atoms with van der Waals surface area (Å²) in [4.78, 5) is 0. The fourth-order valence-corrected chi connectivity index (χ4v) is 8.13. The van der Waals surface area contributed by atoms with Crippen LogP contribution in [0.5, 0.6) is 0 Å². The Kier molecular flexibility index (Phi) is 6.26. The standard InChI is InChI=1S/C27H46O2/c1-5-27(29)15-13-22-19(17-27)7-10-24-23(22)12-14-26(4)20(8-11-25(24)26)16-21(28)9-6-18(2)3/h7,18,20-25,28-29H,5-6,8-17H2,1-4H3/t20-,21-,22+,23-,24-,25+,26-,27+/m1/s1. The smallest absolute Gasteiger partial charge is 0.0682 e. The van der Waals surface area contributed by atoms with Gasteiger partial charge in [-0.15, -0.1) is 0 Å². The number of fused-ring (bicyclic) bond motifs is 5. The molecule has 8 atom stereocenters. The van der Waals surface area contributed by atoms with Gasteiger partial charge in [-0.05, 0) is 118 Å². The number of aliphatic hydroxyl groups excluding tert-OH is 1. The first-order valence-electron chi connectivity index (χ1n) is 12.8. The molecule has 29 heavy (non-hydrogen) atoms. The van der Waals surface area contributed by atoms with Crippen LogP contribution in [0.3, 0.4) is 0 Å². The second-order valence-electron chi connectivity index (χ2n) is 12.0. The Morgan fingerprint density at radius 3 is 2.59 bits per heavy atom. The lowest BCUT2D eigenvalue weighted by Crippen LogP contribution is -2.47. The second-order valence-corrected chi connectivity index (χ2v) is 12.0. The average molecular weight is 403 g/mol. The van der Waals surface area contributed by atoms with E-state index in [1.54, 1.807) is 5.57 Å². The molecule has 0 aromatic heterocycles. The summed E-state index contributed by atoms with van der Waals surface area (Å²) in [6, 6.07) is 0. The molecule has 0 aromatic carbocycles. The van der Waals surface area contributed by atoms with Crippen molar-refractivity contribution < 1.29 is 10.2 Å². The van der Waals surface area contributed by atoms with Crippen LogP contribution in [0.25, 0.3) is 0 Å². The summed E-state index contributed by atoms with van der Waals surface area (Å²) in [5.41, 5.74) is 1.62. The monoisotopic (exact) mass is 402 g/mol. The summed E-state index contributed by atoms with van der Waals surface area (Å²) >= 11 is 0. The molecule has 0 amide bonds. The maximum atomic E-state index is 10.8. The van der Waals surface area contributed by atoms with Gasteiger partial charge in [0.25, 0.3) is 0 Å². The summed E-state index contributed by atoms with van der Waals surface area (Å²) in [6.45, 7) is 9.25. The molecule has 0 radical (unpaired) electrons. The molecule has 4 rings (SSSR count). The largest absolute Gasteiger partial charge is 0.393 e. The molecule has 0 heterocycles. The van der Waals surface area contributed by atoms with E-state index < -0.39 is 5.60 Å². The minimum atomic E-state index is -0.428. The van der Waals surface area contributed by atoms with Gasteiger partial charge in [-0.3, -0.25) is 0 Å². The molecular weight excluding hydrogens is 356 g/mol. The van der Waals surface area contributed by atoms with Crippen molar-refractivity contribution in [3.8, 4) is 0 Å². The van der Waals surface area contributed by atoms with Crippen LogP contribution in [-0.2, 0) is 0 Å². The van der Waals surface area contributed by atoms with Gasteiger partial charge in [0.15, 0.2) is 0 Å². The minimum absolute atomic E-state index is 0.0985. The third-order valence-corrected chi connectivity index (χ3v) is 10.1. The van der Waals surface area contributed by atoms with Crippen LogP contribution in [0, 0.1) is 40.9 Å². The molecule has 4 aliphatic carbocycles. The third kappa shape index (κ3) is 4.10. The molecule has 4 aliphatic rings. The van der Waals surface area contributed by atoms with Gasteiger partial charge in [0.2, 0.25) is 0 Å². The molecule has 0 bridgehead atoms. The molecular formula is C27H46O2. The van der Waals surface area contributed by atoms with E-state index in [4.69, 9.17) is 0 Å². The van der Waals surface area contributed by atoms with Gasteiger partial charge in [0, 0.05) is 0 Å². The van der Waals surface area contributed by atoms with Crippen LogP contribution in [0.4, 0.5) is 0 Å². The van der Waals surface area contributed by atoms with E-state index in [1.807, 2.05) is 0 Å². The van der Waals surface area contributed by atoms with Crippen molar-refractivity contribution in [2.24, 2.45) is 40.9 Å². The fourth-order valence-electron chi connectivity index (χ4n) is 8.13. The van der Waals surface area contributed by atoms with Crippen molar-refractivity contribution in [3.05, 3.63) is 11.6 Å². The summed E-state index contributed by atoms with van der Waals surface area (Å²) in [5.74, 6) is 4.73. The van der Waals surface area contributed by atoms with Crippen molar-refractivity contribution in [1.29, 1.82) is 0 Å². The third-order valence-electron chi connectivity index (χ3n) is 10.1. The van der Waals surface area contributed by atoms with Gasteiger partial charge < -0.3 is 10.2 Å². The second kappa shape index (κ2) is 8.30. The summed E-state index contributed by atoms with van der Waals surface area (Å²) < 4.78 is 0. The van der Waals surface area contributed by atoms with E-state index in [-0.39, 0.29) is 6.10 Å². The topological polar surface area (TPSA) is 40.5 Å². The maximum Gasteiger partial charge on any atom is 0.0682 e.